The number of hydrogen-bond acceptors (Lipinski definition) is 6. The monoisotopic (exact) mass is 372 g/mol. The summed E-state index contributed by atoms with van der Waals surface area (Å²) >= 11 is 0. The van der Waals surface area contributed by atoms with Crippen molar-refractivity contribution in [2.45, 2.75) is 64.0 Å². The number of carbonyl (C=O) groups excluding carboxylic acids is 1. The molecule has 2 aromatic rings. The minimum absolute atomic E-state index is 0.191. The van der Waals surface area contributed by atoms with Gasteiger partial charge in [0.05, 0.1) is 0 Å². The van der Waals surface area contributed by atoms with E-state index < -0.39 is 5.60 Å². The molecule has 1 amide bonds. The highest BCUT2D eigenvalue weighted by atomic mass is 16.6. The molecule has 1 saturated heterocycles. The molecule has 2 fully saturated rings. The average molecular weight is 372 g/mol. The summed E-state index contributed by atoms with van der Waals surface area (Å²) < 4.78 is 7.38. The average Bonchev–Trinajstić information content (AvgIpc) is 3.38. The molecule has 27 heavy (non-hydrogen) atoms. The summed E-state index contributed by atoms with van der Waals surface area (Å²) in [6.45, 7) is 7.40. The lowest BCUT2D eigenvalue weighted by Crippen LogP contribution is -2.47. The number of aromatic nitrogens is 4. The molecule has 146 valence electrons. The highest BCUT2D eigenvalue weighted by molar-refractivity contribution is 5.68. The lowest BCUT2D eigenvalue weighted by Gasteiger charge is -2.37. The van der Waals surface area contributed by atoms with Crippen molar-refractivity contribution in [2.75, 3.05) is 25.0 Å². The van der Waals surface area contributed by atoms with Crippen LogP contribution in [-0.2, 0) is 4.74 Å². The van der Waals surface area contributed by atoms with Crippen molar-refractivity contribution in [3.05, 3.63) is 18.0 Å². The summed E-state index contributed by atoms with van der Waals surface area (Å²) in [7, 11) is 1.83. The van der Waals surface area contributed by atoms with Crippen LogP contribution in [0.5, 0.6) is 0 Å². The van der Waals surface area contributed by atoms with E-state index in [0.29, 0.717) is 5.92 Å². The van der Waals surface area contributed by atoms with Gasteiger partial charge in [-0.1, -0.05) is 0 Å². The quantitative estimate of drug-likeness (QED) is 0.825. The van der Waals surface area contributed by atoms with Gasteiger partial charge in [-0.25, -0.2) is 4.79 Å². The summed E-state index contributed by atoms with van der Waals surface area (Å²) in [5.74, 6) is 2.44. The van der Waals surface area contributed by atoms with E-state index in [1.807, 2.05) is 44.5 Å². The molecule has 0 aromatic carbocycles. The van der Waals surface area contributed by atoms with E-state index in [-0.39, 0.29) is 12.1 Å². The molecule has 1 aliphatic heterocycles. The Balaban J connectivity index is 1.41. The van der Waals surface area contributed by atoms with E-state index in [1.54, 1.807) is 4.90 Å². The number of ether oxygens (including phenoxy) is 1. The molecule has 8 heteroatoms. The van der Waals surface area contributed by atoms with Gasteiger partial charge < -0.3 is 14.5 Å². The Hall–Kier alpha value is -2.38. The van der Waals surface area contributed by atoms with Gasteiger partial charge in [0, 0.05) is 32.1 Å². The van der Waals surface area contributed by atoms with Crippen molar-refractivity contribution in [1.29, 1.82) is 0 Å². The molecule has 0 spiro atoms. The Bertz CT molecular complexity index is 830. The Morgan fingerprint density at radius 3 is 2.48 bits per heavy atom. The second-order valence-electron chi connectivity index (χ2n) is 8.60. The third kappa shape index (κ3) is 3.84. The Morgan fingerprint density at radius 1 is 1.15 bits per heavy atom. The predicted molar refractivity (Wildman–Crippen MR) is 102 cm³/mol. The van der Waals surface area contributed by atoms with Crippen LogP contribution in [0.15, 0.2) is 12.1 Å². The van der Waals surface area contributed by atoms with Gasteiger partial charge >= 0.3 is 6.09 Å². The highest BCUT2D eigenvalue weighted by Crippen LogP contribution is 2.38. The number of anilines is 1. The molecular weight excluding hydrogens is 344 g/mol. The number of piperidine rings is 1. The number of nitrogens with zero attached hydrogens (tertiary/aromatic N) is 6. The van der Waals surface area contributed by atoms with Crippen molar-refractivity contribution in [2.24, 2.45) is 0 Å². The second-order valence-corrected chi connectivity index (χ2v) is 8.60. The summed E-state index contributed by atoms with van der Waals surface area (Å²) in [6, 6.07) is 4.19. The fourth-order valence-electron chi connectivity index (χ4n) is 3.53. The van der Waals surface area contributed by atoms with E-state index in [4.69, 9.17) is 9.84 Å². The third-order valence-electron chi connectivity index (χ3n) is 5.23. The van der Waals surface area contributed by atoms with Gasteiger partial charge in [0.15, 0.2) is 11.5 Å². The molecule has 0 bridgehead atoms. The van der Waals surface area contributed by atoms with Crippen LogP contribution in [-0.4, -0.2) is 62.6 Å². The molecule has 8 nitrogen and oxygen atoms in total. The molecule has 3 heterocycles. The van der Waals surface area contributed by atoms with Gasteiger partial charge in [0.2, 0.25) is 0 Å². The van der Waals surface area contributed by atoms with Crippen molar-refractivity contribution < 1.29 is 9.53 Å². The van der Waals surface area contributed by atoms with Crippen LogP contribution in [0.1, 0.15) is 58.2 Å². The lowest BCUT2D eigenvalue weighted by atomic mass is 10.0. The first-order chi connectivity index (χ1) is 12.8. The normalized spacial score (nSPS) is 18.7. The maximum Gasteiger partial charge on any atom is 0.410 e. The van der Waals surface area contributed by atoms with Crippen LogP contribution < -0.4 is 4.90 Å². The smallest absolute Gasteiger partial charge is 0.410 e. The first-order valence-corrected chi connectivity index (χ1v) is 9.75. The van der Waals surface area contributed by atoms with Crippen LogP contribution in [0, 0.1) is 0 Å². The highest BCUT2D eigenvalue weighted by Gasteiger charge is 2.31. The standard InChI is InChI=1S/C19H28N6O2/c1-19(2,3)27-18(26)23(4)14-9-11-24(12-10-14)16-8-7-15-20-21-17(13-5-6-13)25(15)22-16/h7-8,13-14H,5-6,9-12H2,1-4H3. The van der Waals surface area contributed by atoms with Crippen molar-refractivity contribution >= 4 is 17.6 Å². The molecule has 1 saturated carbocycles. The summed E-state index contributed by atoms with van der Waals surface area (Å²) in [5.41, 5.74) is 0.337. The zero-order chi connectivity index (χ0) is 19.2. The Labute approximate surface area is 159 Å². The van der Waals surface area contributed by atoms with Crippen molar-refractivity contribution in [3.63, 3.8) is 0 Å². The van der Waals surface area contributed by atoms with Gasteiger partial charge in [-0.3, -0.25) is 0 Å². The van der Waals surface area contributed by atoms with Crippen LogP contribution in [0.4, 0.5) is 10.6 Å². The molecule has 2 aliphatic rings. The largest absolute Gasteiger partial charge is 0.444 e. The SMILES string of the molecule is CN(C(=O)OC(C)(C)C)C1CCN(c2ccc3nnc(C4CC4)n3n2)CC1. The van der Waals surface area contributed by atoms with Crippen molar-refractivity contribution in [1.82, 2.24) is 24.7 Å². The molecule has 0 atom stereocenters. The third-order valence-corrected chi connectivity index (χ3v) is 5.23. The van der Waals surface area contributed by atoms with E-state index in [1.165, 1.54) is 12.8 Å². The van der Waals surface area contributed by atoms with Gasteiger partial charge in [-0.05, 0) is 58.6 Å². The number of rotatable bonds is 3. The zero-order valence-electron chi connectivity index (χ0n) is 16.6. The fraction of sp³-hybridized carbons (Fsp3) is 0.684. The fourth-order valence-corrected chi connectivity index (χ4v) is 3.53. The van der Waals surface area contributed by atoms with Crippen molar-refractivity contribution in [3.8, 4) is 0 Å². The van der Waals surface area contributed by atoms with Crippen LogP contribution in [0.25, 0.3) is 5.65 Å². The van der Waals surface area contributed by atoms with E-state index in [0.717, 1.165) is 43.2 Å². The topological polar surface area (TPSA) is 75.9 Å². The molecule has 2 aromatic heterocycles. The van der Waals surface area contributed by atoms with Crippen LogP contribution in [0.3, 0.4) is 0 Å². The summed E-state index contributed by atoms with van der Waals surface area (Å²) in [6.07, 6.45) is 3.89. The lowest BCUT2D eigenvalue weighted by molar-refractivity contribution is 0.0201. The van der Waals surface area contributed by atoms with E-state index in [2.05, 4.69) is 15.1 Å². The Morgan fingerprint density at radius 2 is 1.85 bits per heavy atom. The van der Waals surface area contributed by atoms with Gasteiger partial charge in [-0.2, -0.15) is 4.52 Å². The molecular formula is C19H28N6O2. The van der Waals surface area contributed by atoms with Crippen LogP contribution >= 0.6 is 0 Å². The number of amides is 1. The maximum absolute atomic E-state index is 12.3. The Kier molecular flexibility index (Phi) is 4.44. The van der Waals surface area contributed by atoms with Gasteiger partial charge in [-0.15, -0.1) is 15.3 Å². The second kappa shape index (κ2) is 6.65. The molecule has 4 rings (SSSR count). The molecule has 1 aliphatic carbocycles. The minimum atomic E-state index is -0.469. The molecule has 0 radical (unpaired) electrons. The van der Waals surface area contributed by atoms with Gasteiger partial charge in [0.25, 0.3) is 0 Å². The summed E-state index contributed by atoms with van der Waals surface area (Å²) in [4.78, 5) is 16.3. The predicted octanol–water partition coefficient (Wildman–Crippen LogP) is 2.84. The van der Waals surface area contributed by atoms with E-state index >= 15 is 0 Å². The van der Waals surface area contributed by atoms with Gasteiger partial charge in [0.1, 0.15) is 11.4 Å². The first-order valence-electron chi connectivity index (χ1n) is 9.75. The number of fused-ring (bicyclic) bond motifs is 1. The zero-order valence-corrected chi connectivity index (χ0v) is 16.6. The van der Waals surface area contributed by atoms with Crippen LogP contribution in [0.2, 0.25) is 0 Å². The maximum atomic E-state index is 12.3. The number of hydrogen-bond donors (Lipinski definition) is 0. The molecule has 0 unspecified atom stereocenters. The first kappa shape index (κ1) is 18.0. The summed E-state index contributed by atoms with van der Waals surface area (Å²) in [5, 5.41) is 13.3. The molecule has 0 N–H and O–H groups in total. The number of carbonyl (C=O) groups is 1. The minimum Gasteiger partial charge on any atom is -0.444 e. The van der Waals surface area contributed by atoms with E-state index in [9.17, 15) is 4.79 Å².